The average molecular weight is 422 g/mol. The lowest BCUT2D eigenvalue weighted by Crippen LogP contribution is -2.30. The van der Waals surface area contributed by atoms with Gasteiger partial charge in [-0.15, -0.1) is 0 Å². The number of ether oxygens (including phenoxy) is 4. The van der Waals surface area contributed by atoms with Crippen LogP contribution in [0.4, 0.5) is 5.69 Å². The molecule has 0 saturated carbocycles. The summed E-state index contributed by atoms with van der Waals surface area (Å²) in [6.45, 7) is 6.12. The van der Waals surface area contributed by atoms with Gasteiger partial charge in [0.15, 0.2) is 17.6 Å². The molecule has 2 aromatic rings. The molecule has 0 aliphatic rings. The second kappa shape index (κ2) is 10.6. The molecule has 0 saturated heterocycles. The van der Waals surface area contributed by atoms with Crippen molar-refractivity contribution in [3.63, 3.8) is 0 Å². The van der Waals surface area contributed by atoms with Gasteiger partial charge in [0, 0.05) is 5.69 Å². The third kappa shape index (κ3) is 6.02. The van der Waals surface area contributed by atoms with Crippen LogP contribution in [-0.4, -0.2) is 38.3 Å². The number of hydrogen-bond acceptors (Lipinski definition) is 6. The third-order valence-corrected chi connectivity index (χ3v) is 4.12. The van der Waals surface area contributed by atoms with Crippen LogP contribution in [0.2, 0.25) is 5.02 Å². The molecule has 156 valence electrons. The SMILES string of the molecule is CCOc1ccc(NC(=O)[C@H](C)OC(=O)c2cc(Cl)c(OCC)c(OC)c2)cc1. The number of nitrogens with one attached hydrogen (secondary N) is 1. The topological polar surface area (TPSA) is 83.1 Å². The van der Waals surface area contributed by atoms with Crippen LogP contribution in [0.25, 0.3) is 0 Å². The van der Waals surface area contributed by atoms with Crippen molar-refractivity contribution in [3.8, 4) is 17.2 Å². The number of rotatable bonds is 9. The molecule has 0 aromatic heterocycles. The van der Waals surface area contributed by atoms with Gasteiger partial charge < -0.3 is 24.3 Å². The van der Waals surface area contributed by atoms with E-state index < -0.39 is 18.0 Å². The minimum Gasteiger partial charge on any atom is -0.494 e. The van der Waals surface area contributed by atoms with Crippen molar-refractivity contribution in [2.75, 3.05) is 25.6 Å². The van der Waals surface area contributed by atoms with Gasteiger partial charge in [-0.25, -0.2) is 4.79 Å². The van der Waals surface area contributed by atoms with Crippen molar-refractivity contribution >= 4 is 29.2 Å². The van der Waals surface area contributed by atoms with Gasteiger partial charge in [0.1, 0.15) is 5.75 Å². The summed E-state index contributed by atoms with van der Waals surface area (Å²) < 4.78 is 21.3. The summed E-state index contributed by atoms with van der Waals surface area (Å²) in [5, 5.41) is 2.90. The van der Waals surface area contributed by atoms with E-state index in [0.717, 1.165) is 0 Å². The fourth-order valence-corrected chi connectivity index (χ4v) is 2.71. The Morgan fingerprint density at radius 3 is 2.31 bits per heavy atom. The van der Waals surface area contributed by atoms with E-state index in [1.54, 1.807) is 24.3 Å². The molecule has 2 rings (SSSR count). The quantitative estimate of drug-likeness (QED) is 0.607. The number of carbonyl (C=O) groups is 2. The van der Waals surface area contributed by atoms with Crippen LogP contribution in [0, 0.1) is 0 Å². The van der Waals surface area contributed by atoms with Gasteiger partial charge in [-0.2, -0.15) is 0 Å². The van der Waals surface area contributed by atoms with Crippen LogP contribution in [-0.2, 0) is 9.53 Å². The van der Waals surface area contributed by atoms with E-state index in [0.29, 0.717) is 36.1 Å². The summed E-state index contributed by atoms with van der Waals surface area (Å²) in [5.74, 6) is 0.174. The highest BCUT2D eigenvalue weighted by Gasteiger charge is 2.22. The summed E-state index contributed by atoms with van der Waals surface area (Å²) in [6.07, 6.45) is -1.02. The lowest BCUT2D eigenvalue weighted by molar-refractivity contribution is -0.123. The second-order valence-electron chi connectivity index (χ2n) is 5.92. The Hall–Kier alpha value is -2.93. The molecule has 1 atom stereocenters. The fraction of sp³-hybridized carbons (Fsp3) is 0.333. The average Bonchev–Trinajstić information content (AvgIpc) is 2.70. The molecular weight excluding hydrogens is 398 g/mol. The van der Waals surface area contributed by atoms with Gasteiger partial charge >= 0.3 is 5.97 Å². The molecule has 0 spiro atoms. The number of methoxy groups -OCH3 is 1. The van der Waals surface area contributed by atoms with Crippen molar-refractivity contribution in [2.24, 2.45) is 0 Å². The zero-order valence-corrected chi connectivity index (χ0v) is 17.5. The summed E-state index contributed by atoms with van der Waals surface area (Å²) in [6, 6.07) is 9.75. The number of halogens is 1. The van der Waals surface area contributed by atoms with Gasteiger partial charge in [0.25, 0.3) is 5.91 Å². The molecule has 0 aliphatic heterocycles. The maximum absolute atomic E-state index is 12.4. The smallest absolute Gasteiger partial charge is 0.339 e. The molecular formula is C21H24ClNO6. The van der Waals surface area contributed by atoms with Crippen molar-refractivity contribution in [2.45, 2.75) is 26.9 Å². The third-order valence-electron chi connectivity index (χ3n) is 3.84. The molecule has 2 aromatic carbocycles. The molecule has 29 heavy (non-hydrogen) atoms. The van der Waals surface area contributed by atoms with Crippen molar-refractivity contribution in [1.82, 2.24) is 0 Å². The van der Waals surface area contributed by atoms with Gasteiger partial charge in [0.05, 0.1) is 30.9 Å². The van der Waals surface area contributed by atoms with E-state index in [-0.39, 0.29) is 10.6 Å². The maximum Gasteiger partial charge on any atom is 0.339 e. The van der Waals surface area contributed by atoms with Gasteiger partial charge in [0.2, 0.25) is 0 Å². The highest BCUT2D eigenvalue weighted by molar-refractivity contribution is 6.32. The van der Waals surface area contributed by atoms with Crippen molar-refractivity contribution < 1.29 is 28.5 Å². The molecule has 0 fully saturated rings. The van der Waals surface area contributed by atoms with E-state index in [9.17, 15) is 9.59 Å². The minimum atomic E-state index is -1.02. The Morgan fingerprint density at radius 2 is 1.72 bits per heavy atom. The molecule has 0 radical (unpaired) electrons. The number of carbonyl (C=O) groups excluding carboxylic acids is 2. The van der Waals surface area contributed by atoms with E-state index in [2.05, 4.69) is 5.32 Å². The molecule has 0 aliphatic carbocycles. The standard InChI is InChI=1S/C21H24ClNO6/c1-5-27-16-9-7-15(8-10-16)23-20(24)13(3)29-21(25)14-11-17(22)19(28-6-2)18(12-14)26-4/h7-13H,5-6H2,1-4H3,(H,23,24)/t13-/m0/s1. The first-order valence-corrected chi connectivity index (χ1v) is 9.52. The fourth-order valence-electron chi connectivity index (χ4n) is 2.45. The van der Waals surface area contributed by atoms with Crippen LogP contribution in [0.3, 0.4) is 0 Å². The predicted octanol–water partition coefficient (Wildman–Crippen LogP) is 4.33. The highest BCUT2D eigenvalue weighted by atomic mass is 35.5. The minimum absolute atomic E-state index is 0.149. The summed E-state index contributed by atoms with van der Waals surface area (Å²) >= 11 is 6.18. The largest absolute Gasteiger partial charge is 0.494 e. The number of hydrogen-bond donors (Lipinski definition) is 1. The maximum atomic E-state index is 12.4. The van der Waals surface area contributed by atoms with E-state index >= 15 is 0 Å². The summed E-state index contributed by atoms with van der Waals surface area (Å²) in [4.78, 5) is 24.8. The number of anilines is 1. The van der Waals surface area contributed by atoms with Crippen LogP contribution in [0.15, 0.2) is 36.4 Å². The highest BCUT2D eigenvalue weighted by Crippen LogP contribution is 2.36. The van der Waals surface area contributed by atoms with Crippen LogP contribution in [0.1, 0.15) is 31.1 Å². The van der Waals surface area contributed by atoms with Gasteiger partial charge in [-0.05, 0) is 57.2 Å². The first-order valence-electron chi connectivity index (χ1n) is 9.14. The second-order valence-corrected chi connectivity index (χ2v) is 6.32. The first-order chi connectivity index (χ1) is 13.9. The van der Waals surface area contributed by atoms with Gasteiger partial charge in [-0.1, -0.05) is 11.6 Å². The predicted molar refractivity (Wildman–Crippen MR) is 110 cm³/mol. The molecule has 1 amide bonds. The zero-order chi connectivity index (χ0) is 21.4. The molecule has 0 unspecified atom stereocenters. The summed E-state index contributed by atoms with van der Waals surface area (Å²) in [7, 11) is 1.44. The van der Waals surface area contributed by atoms with Crippen LogP contribution < -0.4 is 19.5 Å². The Labute approximate surface area is 174 Å². The molecule has 0 heterocycles. The normalized spacial score (nSPS) is 11.3. The lowest BCUT2D eigenvalue weighted by atomic mass is 10.2. The zero-order valence-electron chi connectivity index (χ0n) is 16.8. The monoisotopic (exact) mass is 421 g/mol. The number of benzene rings is 2. The van der Waals surface area contributed by atoms with E-state index in [4.69, 9.17) is 30.5 Å². The molecule has 7 nitrogen and oxygen atoms in total. The molecule has 8 heteroatoms. The van der Waals surface area contributed by atoms with E-state index in [1.807, 2.05) is 13.8 Å². The Bertz CT molecular complexity index is 853. The Balaban J connectivity index is 2.04. The van der Waals surface area contributed by atoms with Crippen LogP contribution in [0.5, 0.6) is 17.2 Å². The van der Waals surface area contributed by atoms with Gasteiger partial charge in [-0.3, -0.25) is 4.79 Å². The van der Waals surface area contributed by atoms with Crippen molar-refractivity contribution in [3.05, 3.63) is 47.0 Å². The van der Waals surface area contributed by atoms with Crippen LogP contribution >= 0.6 is 11.6 Å². The molecule has 1 N–H and O–H groups in total. The number of amides is 1. The Morgan fingerprint density at radius 1 is 1.07 bits per heavy atom. The molecule has 0 bridgehead atoms. The summed E-state index contributed by atoms with van der Waals surface area (Å²) in [5.41, 5.74) is 0.711. The van der Waals surface area contributed by atoms with E-state index in [1.165, 1.54) is 26.2 Å². The van der Waals surface area contributed by atoms with Crippen molar-refractivity contribution in [1.29, 1.82) is 0 Å². The number of esters is 1. The Kier molecular flexibility index (Phi) is 8.15. The lowest BCUT2D eigenvalue weighted by Gasteiger charge is -2.16. The first kappa shape index (κ1) is 22.4.